The van der Waals surface area contributed by atoms with Gasteiger partial charge >= 0.3 is 0 Å². The molecule has 4 aromatic rings. The van der Waals surface area contributed by atoms with E-state index in [9.17, 15) is 9.59 Å². The number of nitrogens with one attached hydrogen (secondary N) is 2. The molecule has 2 N–H and O–H groups in total. The zero-order valence-corrected chi connectivity index (χ0v) is 16.0. The molecule has 1 aliphatic rings. The van der Waals surface area contributed by atoms with Crippen LogP contribution in [0.15, 0.2) is 59.4 Å². The van der Waals surface area contributed by atoms with E-state index in [2.05, 4.69) is 19.9 Å². The predicted octanol–water partition coefficient (Wildman–Crippen LogP) is 4.17. The molecule has 146 valence electrons. The van der Waals surface area contributed by atoms with Gasteiger partial charge in [-0.25, -0.2) is 4.98 Å². The standard InChI is InChI=1S/C23H22N4O2/c28-21(14-16-13-15-7-1-4-10-18(15)24-22(16)29)26-23-25-19-11-5-6-12-20(19)27(23)17-8-2-3-9-17/h1,4-7,10-13,17H,2-3,8-9,14H2,(H,24,29)(H,25,26,28). The van der Waals surface area contributed by atoms with Crippen molar-refractivity contribution in [1.82, 2.24) is 14.5 Å². The Labute approximate surface area is 167 Å². The molecule has 1 aliphatic carbocycles. The lowest BCUT2D eigenvalue weighted by Gasteiger charge is -2.16. The van der Waals surface area contributed by atoms with Crippen molar-refractivity contribution in [2.75, 3.05) is 5.32 Å². The van der Waals surface area contributed by atoms with Gasteiger partial charge in [0, 0.05) is 17.1 Å². The van der Waals surface area contributed by atoms with Gasteiger partial charge in [-0.2, -0.15) is 0 Å². The number of benzene rings is 2. The van der Waals surface area contributed by atoms with Crippen LogP contribution in [0.5, 0.6) is 0 Å². The van der Waals surface area contributed by atoms with Crippen LogP contribution >= 0.6 is 0 Å². The molecule has 1 saturated carbocycles. The van der Waals surface area contributed by atoms with Crippen molar-refractivity contribution in [3.05, 3.63) is 70.5 Å². The number of H-pyrrole nitrogens is 1. The molecule has 0 aliphatic heterocycles. The molecular formula is C23H22N4O2. The number of amides is 1. The number of para-hydroxylation sites is 3. The number of fused-ring (bicyclic) bond motifs is 2. The van der Waals surface area contributed by atoms with E-state index in [1.54, 1.807) is 6.07 Å². The number of rotatable bonds is 4. The molecule has 0 unspecified atom stereocenters. The number of pyridine rings is 1. The number of nitrogens with zero attached hydrogens (tertiary/aromatic N) is 2. The van der Waals surface area contributed by atoms with Gasteiger partial charge in [0.25, 0.3) is 5.56 Å². The highest BCUT2D eigenvalue weighted by atomic mass is 16.2. The van der Waals surface area contributed by atoms with Gasteiger partial charge < -0.3 is 9.55 Å². The van der Waals surface area contributed by atoms with Crippen LogP contribution in [-0.2, 0) is 11.2 Å². The number of carbonyl (C=O) groups is 1. The molecule has 0 atom stereocenters. The molecule has 0 radical (unpaired) electrons. The van der Waals surface area contributed by atoms with Gasteiger partial charge in [-0.1, -0.05) is 43.2 Å². The van der Waals surface area contributed by atoms with E-state index in [0.717, 1.165) is 34.8 Å². The third-order valence-corrected chi connectivity index (χ3v) is 5.72. The highest BCUT2D eigenvalue weighted by molar-refractivity contribution is 5.93. The topological polar surface area (TPSA) is 79.8 Å². The summed E-state index contributed by atoms with van der Waals surface area (Å²) in [6.07, 6.45) is 4.57. The van der Waals surface area contributed by atoms with Crippen molar-refractivity contribution in [1.29, 1.82) is 0 Å². The van der Waals surface area contributed by atoms with E-state index >= 15 is 0 Å². The number of carbonyl (C=O) groups excluding carboxylic acids is 1. The third-order valence-electron chi connectivity index (χ3n) is 5.72. The fraction of sp³-hybridized carbons (Fsp3) is 0.261. The van der Waals surface area contributed by atoms with E-state index < -0.39 is 0 Å². The summed E-state index contributed by atoms with van der Waals surface area (Å²) in [5, 5.41) is 3.87. The summed E-state index contributed by atoms with van der Waals surface area (Å²) in [5.41, 5.74) is 2.90. The molecule has 5 rings (SSSR count). The van der Waals surface area contributed by atoms with E-state index in [4.69, 9.17) is 0 Å². The molecule has 1 fully saturated rings. The minimum atomic E-state index is -0.236. The average molecular weight is 386 g/mol. The zero-order valence-electron chi connectivity index (χ0n) is 16.0. The normalized spacial score (nSPS) is 14.6. The fourth-order valence-corrected chi connectivity index (χ4v) is 4.33. The van der Waals surface area contributed by atoms with Crippen LogP contribution in [0, 0.1) is 0 Å². The molecule has 1 amide bonds. The van der Waals surface area contributed by atoms with Crippen LogP contribution in [0.2, 0.25) is 0 Å². The van der Waals surface area contributed by atoms with E-state index in [1.807, 2.05) is 48.5 Å². The van der Waals surface area contributed by atoms with Gasteiger partial charge in [0.05, 0.1) is 17.5 Å². The van der Waals surface area contributed by atoms with Gasteiger partial charge in [0.15, 0.2) is 0 Å². The maximum absolute atomic E-state index is 12.8. The van der Waals surface area contributed by atoms with Crippen molar-refractivity contribution in [3.8, 4) is 0 Å². The highest BCUT2D eigenvalue weighted by Gasteiger charge is 2.23. The van der Waals surface area contributed by atoms with Gasteiger partial charge in [0.2, 0.25) is 11.9 Å². The van der Waals surface area contributed by atoms with Crippen molar-refractivity contribution in [3.63, 3.8) is 0 Å². The first-order valence-electron chi connectivity index (χ1n) is 10.1. The molecule has 6 nitrogen and oxygen atoms in total. The second kappa shape index (κ2) is 7.20. The molecular weight excluding hydrogens is 364 g/mol. The van der Waals surface area contributed by atoms with Crippen molar-refractivity contribution < 1.29 is 4.79 Å². The zero-order chi connectivity index (χ0) is 19.8. The fourth-order valence-electron chi connectivity index (χ4n) is 4.33. The Balaban J connectivity index is 1.45. The van der Waals surface area contributed by atoms with Crippen LogP contribution in [0.3, 0.4) is 0 Å². The van der Waals surface area contributed by atoms with Crippen LogP contribution in [-0.4, -0.2) is 20.4 Å². The summed E-state index contributed by atoms with van der Waals surface area (Å²) in [4.78, 5) is 32.7. The van der Waals surface area contributed by atoms with Crippen molar-refractivity contribution >= 4 is 33.8 Å². The van der Waals surface area contributed by atoms with Crippen LogP contribution in [0.25, 0.3) is 21.9 Å². The average Bonchev–Trinajstić information content (AvgIpc) is 3.35. The van der Waals surface area contributed by atoms with E-state index in [0.29, 0.717) is 17.6 Å². The third kappa shape index (κ3) is 3.31. The molecule has 6 heteroatoms. The Bertz CT molecular complexity index is 1260. The molecule has 0 spiro atoms. The number of aromatic nitrogens is 3. The Morgan fingerprint density at radius 2 is 1.86 bits per heavy atom. The lowest BCUT2D eigenvalue weighted by atomic mass is 10.1. The summed E-state index contributed by atoms with van der Waals surface area (Å²) in [6.45, 7) is 0. The lowest BCUT2D eigenvalue weighted by Crippen LogP contribution is -2.23. The smallest absolute Gasteiger partial charge is 0.252 e. The predicted molar refractivity (Wildman–Crippen MR) is 114 cm³/mol. The lowest BCUT2D eigenvalue weighted by molar-refractivity contribution is -0.115. The molecule has 29 heavy (non-hydrogen) atoms. The first-order chi connectivity index (χ1) is 14.2. The number of hydrogen-bond donors (Lipinski definition) is 2. The quantitative estimate of drug-likeness (QED) is 0.552. The highest BCUT2D eigenvalue weighted by Crippen LogP contribution is 2.35. The summed E-state index contributed by atoms with van der Waals surface area (Å²) in [6, 6.07) is 17.7. The maximum Gasteiger partial charge on any atom is 0.252 e. The molecule has 2 heterocycles. The summed E-state index contributed by atoms with van der Waals surface area (Å²) >= 11 is 0. The summed E-state index contributed by atoms with van der Waals surface area (Å²) < 4.78 is 2.16. The molecule has 2 aromatic heterocycles. The number of anilines is 1. The monoisotopic (exact) mass is 386 g/mol. The van der Waals surface area contributed by atoms with Gasteiger partial charge in [0.1, 0.15) is 0 Å². The van der Waals surface area contributed by atoms with Gasteiger partial charge in [-0.15, -0.1) is 0 Å². The van der Waals surface area contributed by atoms with Crippen molar-refractivity contribution in [2.24, 2.45) is 0 Å². The van der Waals surface area contributed by atoms with Crippen LogP contribution < -0.4 is 10.9 Å². The van der Waals surface area contributed by atoms with Crippen molar-refractivity contribution in [2.45, 2.75) is 38.1 Å². The Morgan fingerprint density at radius 3 is 2.72 bits per heavy atom. The molecule has 2 aromatic carbocycles. The minimum absolute atomic E-state index is 0.00798. The SMILES string of the molecule is O=C(Cc1cc2ccccc2[nH]c1=O)Nc1nc2ccccc2n1C1CCCC1. The maximum atomic E-state index is 12.8. The first kappa shape index (κ1) is 17.7. The number of imidazole rings is 1. The summed E-state index contributed by atoms with van der Waals surface area (Å²) in [7, 11) is 0. The second-order valence-electron chi connectivity index (χ2n) is 7.67. The first-order valence-corrected chi connectivity index (χ1v) is 10.1. The molecule has 0 saturated heterocycles. The minimum Gasteiger partial charge on any atom is -0.322 e. The second-order valence-corrected chi connectivity index (χ2v) is 7.67. The van der Waals surface area contributed by atoms with E-state index in [-0.39, 0.29) is 17.9 Å². The van der Waals surface area contributed by atoms with Crippen LogP contribution in [0.4, 0.5) is 5.95 Å². The Kier molecular flexibility index (Phi) is 4.39. The Morgan fingerprint density at radius 1 is 1.10 bits per heavy atom. The van der Waals surface area contributed by atoms with Crippen LogP contribution in [0.1, 0.15) is 37.3 Å². The molecule has 0 bridgehead atoms. The Hall–Kier alpha value is -3.41. The largest absolute Gasteiger partial charge is 0.322 e. The number of aromatic amines is 1. The van der Waals surface area contributed by atoms with E-state index in [1.165, 1.54) is 12.8 Å². The number of hydrogen-bond acceptors (Lipinski definition) is 3. The van der Waals surface area contributed by atoms with Gasteiger partial charge in [-0.3, -0.25) is 14.9 Å². The summed E-state index contributed by atoms with van der Waals surface area (Å²) in [5.74, 6) is 0.334. The van der Waals surface area contributed by atoms with Gasteiger partial charge in [-0.05, 0) is 42.5 Å².